The summed E-state index contributed by atoms with van der Waals surface area (Å²) in [7, 11) is -3.70. The molecule has 0 radical (unpaired) electrons. The number of sulfonamides is 1. The molecule has 3 N–H and O–H groups in total. The third-order valence-corrected chi connectivity index (χ3v) is 4.29. The molecule has 7 nitrogen and oxygen atoms in total. The molecule has 2 aromatic rings. The molecule has 1 aromatic heterocycles. The maximum absolute atomic E-state index is 12.1. The number of nitrogens with one attached hydrogen (secondary N) is 3. The average Bonchev–Trinajstić information content (AvgIpc) is 2.98. The Balaban J connectivity index is 2.29. The summed E-state index contributed by atoms with van der Waals surface area (Å²) in [5.74, 6) is -0.132. The third kappa shape index (κ3) is 3.40. The first-order valence-electron chi connectivity index (χ1n) is 6.35. The second kappa shape index (κ2) is 5.96. The number of carbonyl (C=O) groups is 1. The van der Waals surface area contributed by atoms with Gasteiger partial charge in [-0.2, -0.15) is 5.10 Å². The van der Waals surface area contributed by atoms with Crippen LogP contribution in [-0.4, -0.2) is 24.5 Å². The molecule has 0 saturated carbocycles. The Morgan fingerprint density at radius 3 is 2.67 bits per heavy atom. The number of aromatic nitrogens is 2. The van der Waals surface area contributed by atoms with Crippen molar-refractivity contribution in [3.63, 3.8) is 0 Å². The van der Waals surface area contributed by atoms with Crippen LogP contribution in [0.2, 0.25) is 0 Å². The molecule has 2 rings (SSSR count). The summed E-state index contributed by atoms with van der Waals surface area (Å²) < 4.78 is 26.8. The molecule has 1 amide bonds. The van der Waals surface area contributed by atoms with Gasteiger partial charge in [0.05, 0.1) is 11.9 Å². The maximum atomic E-state index is 12.1. The number of nitrogens with zero attached hydrogens (tertiary/aromatic N) is 1. The number of aromatic amines is 1. The summed E-state index contributed by atoms with van der Waals surface area (Å²) in [5.41, 5.74) is 1.63. The number of benzene rings is 1. The van der Waals surface area contributed by atoms with E-state index >= 15 is 0 Å². The summed E-state index contributed by atoms with van der Waals surface area (Å²) in [6, 6.07) is 5.03. The van der Waals surface area contributed by atoms with Gasteiger partial charge >= 0.3 is 0 Å². The van der Waals surface area contributed by atoms with Crippen molar-refractivity contribution in [2.75, 3.05) is 10.0 Å². The summed E-state index contributed by atoms with van der Waals surface area (Å²) in [6.45, 7) is 3.48. The zero-order valence-corrected chi connectivity index (χ0v) is 12.5. The number of H-pyrrole nitrogens is 1. The Morgan fingerprint density at radius 1 is 1.33 bits per heavy atom. The van der Waals surface area contributed by atoms with Gasteiger partial charge in [-0.1, -0.05) is 13.0 Å². The summed E-state index contributed by atoms with van der Waals surface area (Å²) >= 11 is 0. The van der Waals surface area contributed by atoms with E-state index in [1.165, 1.54) is 12.4 Å². The second-order valence-corrected chi connectivity index (χ2v) is 6.10. The van der Waals surface area contributed by atoms with Crippen molar-refractivity contribution in [2.45, 2.75) is 25.2 Å². The Kier molecular flexibility index (Phi) is 4.27. The molecule has 1 heterocycles. The van der Waals surface area contributed by atoms with Crippen LogP contribution in [0, 0.1) is 6.92 Å². The molecule has 0 unspecified atom stereocenters. The van der Waals surface area contributed by atoms with Gasteiger partial charge in [-0.25, -0.2) is 8.42 Å². The van der Waals surface area contributed by atoms with E-state index in [0.29, 0.717) is 23.4 Å². The predicted octanol–water partition coefficient (Wildman–Crippen LogP) is 1.87. The van der Waals surface area contributed by atoms with Gasteiger partial charge in [-0.3, -0.25) is 14.6 Å². The SMILES string of the molecule is CCC(=O)Nc1cccc(NS(=O)(=O)c2cn[nH]c2)c1C. The van der Waals surface area contributed by atoms with Gasteiger partial charge in [-0.15, -0.1) is 0 Å². The Bertz CT molecular complexity index is 739. The molecular formula is C13H16N4O3S. The van der Waals surface area contributed by atoms with Crippen LogP contribution in [0.4, 0.5) is 11.4 Å². The molecule has 1 aromatic carbocycles. The van der Waals surface area contributed by atoms with Crippen LogP contribution in [-0.2, 0) is 14.8 Å². The van der Waals surface area contributed by atoms with Crippen LogP contribution < -0.4 is 10.0 Å². The lowest BCUT2D eigenvalue weighted by atomic mass is 10.1. The topological polar surface area (TPSA) is 104 Å². The zero-order chi connectivity index (χ0) is 15.5. The number of hydrogen-bond acceptors (Lipinski definition) is 4. The Hall–Kier alpha value is -2.35. The van der Waals surface area contributed by atoms with Gasteiger partial charge in [0, 0.05) is 18.3 Å². The van der Waals surface area contributed by atoms with E-state index in [2.05, 4.69) is 20.2 Å². The van der Waals surface area contributed by atoms with Gasteiger partial charge in [0.25, 0.3) is 10.0 Å². The largest absolute Gasteiger partial charge is 0.326 e. The van der Waals surface area contributed by atoms with Crippen LogP contribution >= 0.6 is 0 Å². The van der Waals surface area contributed by atoms with Crippen LogP contribution in [0.1, 0.15) is 18.9 Å². The standard InChI is InChI=1S/C13H16N4O3S/c1-3-13(18)16-11-5-4-6-12(9(11)2)17-21(19,20)10-7-14-15-8-10/h4-8,17H,3H2,1-2H3,(H,14,15)(H,16,18). The molecule has 0 aliphatic carbocycles. The monoisotopic (exact) mass is 308 g/mol. The Morgan fingerprint density at radius 2 is 2.05 bits per heavy atom. The fourth-order valence-electron chi connectivity index (χ4n) is 1.71. The lowest BCUT2D eigenvalue weighted by Crippen LogP contribution is -2.15. The molecule has 0 fully saturated rings. The second-order valence-electron chi connectivity index (χ2n) is 4.42. The molecule has 112 valence electrons. The third-order valence-electron chi connectivity index (χ3n) is 2.96. The van der Waals surface area contributed by atoms with Gasteiger partial charge in [-0.05, 0) is 24.6 Å². The van der Waals surface area contributed by atoms with E-state index in [1.807, 2.05) is 0 Å². The minimum absolute atomic E-state index is 0.0462. The highest BCUT2D eigenvalue weighted by molar-refractivity contribution is 7.92. The minimum Gasteiger partial charge on any atom is -0.326 e. The smallest absolute Gasteiger partial charge is 0.265 e. The van der Waals surface area contributed by atoms with Crippen molar-refractivity contribution in [1.29, 1.82) is 0 Å². The van der Waals surface area contributed by atoms with E-state index in [0.717, 1.165) is 0 Å². The van der Waals surface area contributed by atoms with E-state index < -0.39 is 10.0 Å². The zero-order valence-electron chi connectivity index (χ0n) is 11.7. The highest BCUT2D eigenvalue weighted by Crippen LogP contribution is 2.25. The highest BCUT2D eigenvalue weighted by atomic mass is 32.2. The number of rotatable bonds is 5. The number of amides is 1. The van der Waals surface area contributed by atoms with Crippen molar-refractivity contribution < 1.29 is 13.2 Å². The lowest BCUT2D eigenvalue weighted by Gasteiger charge is -2.13. The summed E-state index contributed by atoms with van der Waals surface area (Å²) in [4.78, 5) is 11.5. The molecule has 21 heavy (non-hydrogen) atoms. The van der Waals surface area contributed by atoms with Gasteiger partial charge in [0.1, 0.15) is 4.90 Å². The van der Waals surface area contributed by atoms with Crippen LogP contribution in [0.25, 0.3) is 0 Å². The number of hydrogen-bond donors (Lipinski definition) is 3. The van der Waals surface area contributed by atoms with Crippen molar-refractivity contribution in [1.82, 2.24) is 10.2 Å². The van der Waals surface area contributed by atoms with Gasteiger partial charge in [0.2, 0.25) is 5.91 Å². The average molecular weight is 308 g/mol. The quantitative estimate of drug-likeness (QED) is 0.784. The summed E-state index contributed by atoms with van der Waals surface area (Å²) in [6.07, 6.45) is 2.87. The molecule has 0 saturated heterocycles. The van der Waals surface area contributed by atoms with E-state index in [9.17, 15) is 13.2 Å². The molecule has 8 heteroatoms. The molecule has 0 aliphatic heterocycles. The molecule has 0 bridgehead atoms. The van der Waals surface area contributed by atoms with E-state index in [-0.39, 0.29) is 10.8 Å². The van der Waals surface area contributed by atoms with Crippen molar-refractivity contribution >= 4 is 27.3 Å². The Labute approximate surface area is 122 Å². The van der Waals surface area contributed by atoms with E-state index in [1.54, 1.807) is 32.0 Å². The van der Waals surface area contributed by atoms with Crippen molar-refractivity contribution in [2.24, 2.45) is 0 Å². The van der Waals surface area contributed by atoms with Gasteiger partial charge in [0.15, 0.2) is 0 Å². The fourth-order valence-corrected chi connectivity index (χ4v) is 2.74. The molecule has 0 atom stereocenters. The van der Waals surface area contributed by atoms with Crippen LogP contribution in [0.3, 0.4) is 0 Å². The fraction of sp³-hybridized carbons (Fsp3) is 0.231. The van der Waals surface area contributed by atoms with Crippen molar-refractivity contribution in [3.8, 4) is 0 Å². The normalized spacial score (nSPS) is 11.1. The minimum atomic E-state index is -3.70. The molecular weight excluding hydrogens is 292 g/mol. The summed E-state index contributed by atoms with van der Waals surface area (Å²) in [5, 5.41) is 8.80. The van der Waals surface area contributed by atoms with Crippen LogP contribution in [0.15, 0.2) is 35.5 Å². The first-order valence-corrected chi connectivity index (χ1v) is 7.83. The van der Waals surface area contributed by atoms with Crippen molar-refractivity contribution in [3.05, 3.63) is 36.2 Å². The van der Waals surface area contributed by atoms with E-state index in [4.69, 9.17) is 0 Å². The predicted molar refractivity (Wildman–Crippen MR) is 79.5 cm³/mol. The first kappa shape index (κ1) is 15.0. The van der Waals surface area contributed by atoms with Crippen LogP contribution in [0.5, 0.6) is 0 Å². The highest BCUT2D eigenvalue weighted by Gasteiger charge is 2.17. The number of anilines is 2. The number of carbonyl (C=O) groups excluding carboxylic acids is 1. The lowest BCUT2D eigenvalue weighted by molar-refractivity contribution is -0.115. The first-order chi connectivity index (χ1) is 9.94. The van der Waals surface area contributed by atoms with Gasteiger partial charge < -0.3 is 5.32 Å². The molecule has 0 spiro atoms. The maximum Gasteiger partial charge on any atom is 0.265 e. The molecule has 0 aliphatic rings.